The Morgan fingerprint density at radius 1 is 1.23 bits per heavy atom. The Hall–Kier alpha value is -2.32. The number of ether oxygens (including phenoxy) is 1. The highest BCUT2D eigenvalue weighted by atomic mass is 32.2. The van der Waals surface area contributed by atoms with E-state index in [1.807, 2.05) is 37.3 Å². The molecule has 3 aromatic rings. The SMILES string of the molecule is CCCCCCCC(=O)N/N=C/c1ccc(Sc2nc3ccc(OCC)cc3s2)o1. The van der Waals surface area contributed by atoms with Gasteiger partial charge in [-0.05, 0) is 55.4 Å². The average molecular weight is 446 g/mol. The highest BCUT2D eigenvalue weighted by Crippen LogP contribution is 2.36. The van der Waals surface area contributed by atoms with Crippen LogP contribution in [0.3, 0.4) is 0 Å². The zero-order valence-electron chi connectivity index (χ0n) is 17.3. The van der Waals surface area contributed by atoms with Crippen molar-refractivity contribution in [3.05, 3.63) is 36.1 Å². The molecule has 2 aromatic heterocycles. The standard InChI is InChI=1S/C22H27N3O3S2/c1-3-5-6-7-8-9-20(26)25-23-15-17-11-13-21(28-17)30-22-24-18-12-10-16(27-4-2)14-19(18)29-22/h10-15H,3-9H2,1-2H3,(H,25,26)/b23-15+. The van der Waals surface area contributed by atoms with Crippen LogP contribution in [-0.4, -0.2) is 23.7 Å². The predicted octanol–water partition coefficient (Wildman–Crippen LogP) is 6.25. The molecule has 1 amide bonds. The van der Waals surface area contributed by atoms with Gasteiger partial charge in [0.15, 0.2) is 9.43 Å². The van der Waals surface area contributed by atoms with Crippen LogP contribution in [0.25, 0.3) is 10.2 Å². The Bertz CT molecular complexity index is 981. The first-order chi connectivity index (χ1) is 14.7. The molecule has 0 unspecified atom stereocenters. The summed E-state index contributed by atoms with van der Waals surface area (Å²) >= 11 is 3.06. The normalized spacial score (nSPS) is 11.4. The molecule has 0 spiro atoms. The van der Waals surface area contributed by atoms with Crippen LogP contribution in [-0.2, 0) is 4.79 Å². The van der Waals surface area contributed by atoms with Crippen molar-refractivity contribution in [3.63, 3.8) is 0 Å². The van der Waals surface area contributed by atoms with Crippen LogP contribution in [0.2, 0.25) is 0 Å². The smallest absolute Gasteiger partial charge is 0.240 e. The largest absolute Gasteiger partial charge is 0.494 e. The molecule has 160 valence electrons. The van der Waals surface area contributed by atoms with Gasteiger partial charge >= 0.3 is 0 Å². The van der Waals surface area contributed by atoms with Gasteiger partial charge in [-0.15, -0.1) is 11.3 Å². The second-order valence-corrected chi connectivity index (χ2v) is 9.04. The third kappa shape index (κ3) is 6.88. The maximum absolute atomic E-state index is 11.8. The van der Waals surface area contributed by atoms with Crippen LogP contribution in [0.15, 0.2) is 49.3 Å². The number of rotatable bonds is 12. The number of furan rings is 1. The number of unbranched alkanes of at least 4 members (excludes halogenated alkanes) is 4. The van der Waals surface area contributed by atoms with Crippen molar-refractivity contribution in [1.29, 1.82) is 0 Å². The van der Waals surface area contributed by atoms with Gasteiger partial charge in [-0.2, -0.15) is 5.10 Å². The minimum Gasteiger partial charge on any atom is -0.494 e. The number of amides is 1. The van der Waals surface area contributed by atoms with Crippen molar-refractivity contribution < 1.29 is 13.9 Å². The van der Waals surface area contributed by atoms with Crippen molar-refractivity contribution >= 4 is 45.4 Å². The lowest BCUT2D eigenvalue weighted by atomic mass is 10.1. The number of nitrogens with one attached hydrogen (secondary N) is 1. The van der Waals surface area contributed by atoms with Gasteiger partial charge in [0.2, 0.25) is 5.91 Å². The highest BCUT2D eigenvalue weighted by molar-refractivity contribution is 8.01. The van der Waals surface area contributed by atoms with Crippen molar-refractivity contribution in [2.45, 2.75) is 61.8 Å². The minimum atomic E-state index is -0.0650. The van der Waals surface area contributed by atoms with Crippen molar-refractivity contribution in [1.82, 2.24) is 10.4 Å². The van der Waals surface area contributed by atoms with E-state index in [0.29, 0.717) is 18.8 Å². The summed E-state index contributed by atoms with van der Waals surface area (Å²) in [6, 6.07) is 9.60. The molecule has 0 aliphatic heterocycles. The molecule has 3 rings (SSSR count). The maximum Gasteiger partial charge on any atom is 0.240 e. The number of nitrogens with zero attached hydrogens (tertiary/aromatic N) is 2. The summed E-state index contributed by atoms with van der Waals surface area (Å²) in [6.07, 6.45) is 7.62. The molecule has 2 heterocycles. The topological polar surface area (TPSA) is 76.7 Å². The molecule has 1 N–H and O–H groups in total. The summed E-state index contributed by atoms with van der Waals surface area (Å²) in [5.74, 6) is 1.37. The molecule has 0 bridgehead atoms. The monoisotopic (exact) mass is 445 g/mol. The van der Waals surface area contributed by atoms with E-state index in [-0.39, 0.29) is 5.91 Å². The highest BCUT2D eigenvalue weighted by Gasteiger charge is 2.10. The van der Waals surface area contributed by atoms with Crippen molar-refractivity contribution in [3.8, 4) is 5.75 Å². The van der Waals surface area contributed by atoms with Crippen LogP contribution in [0.4, 0.5) is 0 Å². The van der Waals surface area contributed by atoms with E-state index >= 15 is 0 Å². The third-order valence-corrected chi connectivity index (χ3v) is 6.33. The Kier molecular flexibility index (Phi) is 8.77. The molecule has 0 saturated carbocycles. The van der Waals surface area contributed by atoms with E-state index in [9.17, 15) is 4.79 Å². The molecule has 0 fully saturated rings. The lowest BCUT2D eigenvalue weighted by Crippen LogP contribution is -2.16. The van der Waals surface area contributed by atoms with Gasteiger partial charge in [-0.25, -0.2) is 10.4 Å². The molecule has 0 atom stereocenters. The second-order valence-electron chi connectivity index (χ2n) is 6.76. The zero-order chi connectivity index (χ0) is 21.2. The van der Waals surface area contributed by atoms with E-state index in [1.54, 1.807) is 11.3 Å². The quantitative estimate of drug-likeness (QED) is 0.203. The maximum atomic E-state index is 11.8. The van der Waals surface area contributed by atoms with Gasteiger partial charge in [-0.3, -0.25) is 4.79 Å². The predicted molar refractivity (Wildman–Crippen MR) is 123 cm³/mol. The number of carbonyl (C=O) groups is 1. The number of thiazole rings is 1. The molecule has 6 nitrogen and oxygen atoms in total. The number of hydrogen-bond acceptors (Lipinski definition) is 7. The summed E-state index contributed by atoms with van der Waals surface area (Å²) in [5.41, 5.74) is 3.50. The van der Waals surface area contributed by atoms with E-state index in [4.69, 9.17) is 9.15 Å². The first-order valence-electron chi connectivity index (χ1n) is 10.3. The summed E-state index contributed by atoms with van der Waals surface area (Å²) in [6.45, 7) is 4.79. The fraction of sp³-hybridized carbons (Fsp3) is 0.409. The molecule has 8 heteroatoms. The number of hydrazone groups is 1. The fourth-order valence-electron chi connectivity index (χ4n) is 2.84. The minimum absolute atomic E-state index is 0.0650. The fourth-order valence-corrected chi connectivity index (χ4v) is 4.84. The van der Waals surface area contributed by atoms with Crippen LogP contribution in [0.5, 0.6) is 5.75 Å². The molecular weight excluding hydrogens is 418 g/mol. The molecule has 0 radical (unpaired) electrons. The number of aromatic nitrogens is 1. The van der Waals surface area contributed by atoms with Gasteiger partial charge < -0.3 is 9.15 Å². The zero-order valence-corrected chi connectivity index (χ0v) is 19.0. The molecular formula is C22H27N3O3S2. The summed E-state index contributed by atoms with van der Waals surface area (Å²) in [7, 11) is 0. The van der Waals surface area contributed by atoms with Gasteiger partial charge in [0.1, 0.15) is 11.5 Å². The number of fused-ring (bicyclic) bond motifs is 1. The first-order valence-corrected chi connectivity index (χ1v) is 11.9. The van der Waals surface area contributed by atoms with E-state index < -0.39 is 0 Å². The van der Waals surface area contributed by atoms with Gasteiger partial charge in [0.05, 0.1) is 23.0 Å². The molecule has 0 aliphatic rings. The van der Waals surface area contributed by atoms with Crippen LogP contribution >= 0.6 is 23.1 Å². The van der Waals surface area contributed by atoms with Crippen LogP contribution in [0.1, 0.15) is 58.1 Å². The van der Waals surface area contributed by atoms with Gasteiger partial charge in [0, 0.05) is 6.42 Å². The Morgan fingerprint density at radius 3 is 2.93 bits per heavy atom. The van der Waals surface area contributed by atoms with Gasteiger partial charge in [0.25, 0.3) is 0 Å². The average Bonchev–Trinajstić information content (AvgIpc) is 3.34. The van der Waals surface area contributed by atoms with Crippen LogP contribution < -0.4 is 10.2 Å². The Balaban J connectivity index is 1.48. The van der Waals surface area contributed by atoms with Crippen molar-refractivity contribution in [2.24, 2.45) is 5.10 Å². The summed E-state index contributed by atoms with van der Waals surface area (Å²) in [4.78, 5) is 16.4. The molecule has 1 aromatic carbocycles. The summed E-state index contributed by atoms with van der Waals surface area (Å²) < 4.78 is 13.3. The summed E-state index contributed by atoms with van der Waals surface area (Å²) in [5, 5.41) is 4.71. The van der Waals surface area contributed by atoms with E-state index in [1.165, 1.54) is 37.2 Å². The number of benzene rings is 1. The molecule has 0 saturated heterocycles. The van der Waals surface area contributed by atoms with E-state index in [2.05, 4.69) is 22.4 Å². The first kappa shape index (κ1) is 22.4. The second kappa shape index (κ2) is 11.8. The number of carbonyl (C=O) groups excluding carboxylic acids is 1. The number of hydrogen-bond donors (Lipinski definition) is 1. The molecule has 0 aliphatic carbocycles. The molecule has 30 heavy (non-hydrogen) atoms. The Morgan fingerprint density at radius 2 is 2.10 bits per heavy atom. The van der Waals surface area contributed by atoms with Crippen LogP contribution in [0, 0.1) is 0 Å². The van der Waals surface area contributed by atoms with E-state index in [0.717, 1.165) is 38.2 Å². The van der Waals surface area contributed by atoms with Crippen molar-refractivity contribution in [2.75, 3.05) is 6.61 Å². The van der Waals surface area contributed by atoms with Gasteiger partial charge in [-0.1, -0.05) is 32.6 Å². The lowest BCUT2D eigenvalue weighted by Gasteiger charge is -2.00. The third-order valence-electron chi connectivity index (χ3n) is 4.33. The lowest BCUT2D eigenvalue weighted by molar-refractivity contribution is -0.121. The Labute approximate surface area is 185 Å².